The maximum Gasteiger partial charge on any atom is 0.254 e. The molecule has 9 heteroatoms. The van der Waals surface area contributed by atoms with Gasteiger partial charge in [-0.05, 0) is 36.8 Å². The molecule has 3 heterocycles. The highest BCUT2D eigenvalue weighted by molar-refractivity contribution is 5.98. The van der Waals surface area contributed by atoms with Gasteiger partial charge in [0.15, 0.2) is 0 Å². The van der Waals surface area contributed by atoms with Gasteiger partial charge in [-0.15, -0.1) is 12.4 Å². The minimum Gasteiger partial charge on any atom is -0.365 e. The summed E-state index contributed by atoms with van der Waals surface area (Å²) < 4.78 is 0. The van der Waals surface area contributed by atoms with Crippen molar-refractivity contribution in [3.63, 3.8) is 0 Å². The third-order valence-electron chi connectivity index (χ3n) is 5.09. The van der Waals surface area contributed by atoms with Crippen molar-refractivity contribution in [2.45, 2.75) is 58.4 Å². The van der Waals surface area contributed by atoms with Crippen molar-refractivity contribution in [1.29, 1.82) is 0 Å². The van der Waals surface area contributed by atoms with Gasteiger partial charge in [-0.2, -0.15) is 4.98 Å². The lowest BCUT2D eigenvalue weighted by atomic mass is 10.0. The molecule has 0 aliphatic carbocycles. The first kappa shape index (κ1) is 23.8. The van der Waals surface area contributed by atoms with E-state index in [-0.39, 0.29) is 35.8 Å². The van der Waals surface area contributed by atoms with Gasteiger partial charge in [0.25, 0.3) is 5.91 Å². The van der Waals surface area contributed by atoms with Crippen LogP contribution in [0.2, 0.25) is 0 Å². The highest BCUT2D eigenvalue weighted by atomic mass is 35.5. The fourth-order valence-electron chi connectivity index (χ4n) is 3.37. The number of nitrogens with two attached hydrogens (primary N) is 2. The average Bonchev–Trinajstić information content (AvgIpc) is 2.67. The molecule has 0 radical (unpaired) electrons. The molecule has 1 saturated heterocycles. The van der Waals surface area contributed by atoms with Crippen LogP contribution in [0.1, 0.15) is 74.1 Å². The van der Waals surface area contributed by atoms with E-state index in [1.807, 2.05) is 12.1 Å². The van der Waals surface area contributed by atoms with Crippen LogP contribution in [0.3, 0.4) is 0 Å². The summed E-state index contributed by atoms with van der Waals surface area (Å²) in [5.74, 6) is 0.935. The average molecular weight is 434 g/mol. The van der Waals surface area contributed by atoms with Crippen LogP contribution < -0.4 is 21.7 Å². The zero-order valence-corrected chi connectivity index (χ0v) is 18.9. The Bertz CT molecular complexity index is 861. The molecule has 164 valence electrons. The number of rotatable bonds is 6. The predicted molar refractivity (Wildman–Crippen MR) is 123 cm³/mol. The van der Waals surface area contributed by atoms with Gasteiger partial charge in [-0.1, -0.05) is 27.7 Å². The van der Waals surface area contributed by atoms with E-state index in [1.165, 1.54) is 6.20 Å². The van der Waals surface area contributed by atoms with Crippen molar-refractivity contribution in [1.82, 2.24) is 15.0 Å². The Morgan fingerprint density at radius 2 is 1.80 bits per heavy atom. The molecule has 0 bridgehead atoms. The van der Waals surface area contributed by atoms with Crippen LogP contribution in [0, 0.1) is 0 Å². The zero-order chi connectivity index (χ0) is 21.1. The molecule has 1 unspecified atom stereocenters. The van der Waals surface area contributed by atoms with Crippen LogP contribution in [-0.4, -0.2) is 40.0 Å². The van der Waals surface area contributed by atoms with E-state index in [1.54, 1.807) is 0 Å². The number of hydrogen-bond acceptors (Lipinski definition) is 7. The van der Waals surface area contributed by atoms with Crippen molar-refractivity contribution >= 4 is 35.8 Å². The SMILES string of the molecule is CC(C)c1cc(Nc2nc(N3CCCC(N)C3)ncc2C(N)=O)cc(C(C)C)n1.Cl. The number of hydrogen-bond donors (Lipinski definition) is 3. The van der Waals surface area contributed by atoms with Gasteiger partial charge >= 0.3 is 0 Å². The maximum atomic E-state index is 12.0. The molecule has 2 aromatic heterocycles. The third kappa shape index (κ3) is 5.58. The van der Waals surface area contributed by atoms with Gasteiger partial charge in [0.2, 0.25) is 5.95 Å². The van der Waals surface area contributed by atoms with Gasteiger partial charge in [-0.3, -0.25) is 9.78 Å². The van der Waals surface area contributed by atoms with Crippen LogP contribution in [0.4, 0.5) is 17.5 Å². The Balaban J connectivity index is 0.00000320. The number of nitrogens with zero attached hydrogens (tertiary/aromatic N) is 4. The van der Waals surface area contributed by atoms with Crippen LogP contribution >= 0.6 is 12.4 Å². The van der Waals surface area contributed by atoms with E-state index < -0.39 is 5.91 Å². The summed E-state index contributed by atoms with van der Waals surface area (Å²) in [5.41, 5.74) is 14.7. The highest BCUT2D eigenvalue weighted by Gasteiger charge is 2.21. The van der Waals surface area contributed by atoms with Crippen molar-refractivity contribution in [2.75, 3.05) is 23.3 Å². The number of carbonyl (C=O) groups excluding carboxylic acids is 1. The molecule has 0 spiro atoms. The Hall–Kier alpha value is -2.45. The van der Waals surface area contributed by atoms with E-state index >= 15 is 0 Å². The number of anilines is 3. The molecule has 0 saturated carbocycles. The maximum absolute atomic E-state index is 12.0. The lowest BCUT2D eigenvalue weighted by Gasteiger charge is -2.31. The third-order valence-corrected chi connectivity index (χ3v) is 5.09. The van der Waals surface area contributed by atoms with E-state index in [0.717, 1.165) is 36.5 Å². The Morgan fingerprint density at radius 1 is 1.17 bits per heavy atom. The van der Waals surface area contributed by atoms with Gasteiger partial charge in [0.1, 0.15) is 11.4 Å². The highest BCUT2D eigenvalue weighted by Crippen LogP contribution is 2.27. The minimum atomic E-state index is -0.573. The molecule has 30 heavy (non-hydrogen) atoms. The molecule has 1 fully saturated rings. The number of primary amides is 1. The predicted octanol–water partition coefficient (Wildman–Crippen LogP) is 3.31. The second-order valence-electron chi connectivity index (χ2n) is 8.28. The van der Waals surface area contributed by atoms with Crippen LogP contribution in [0.15, 0.2) is 18.3 Å². The molecule has 0 aromatic carbocycles. The molecule has 1 atom stereocenters. The second-order valence-corrected chi connectivity index (χ2v) is 8.28. The number of pyridine rings is 1. The first-order chi connectivity index (χ1) is 13.7. The van der Waals surface area contributed by atoms with Gasteiger partial charge < -0.3 is 21.7 Å². The minimum absolute atomic E-state index is 0. The van der Waals surface area contributed by atoms with Crippen LogP contribution in [0.25, 0.3) is 0 Å². The summed E-state index contributed by atoms with van der Waals surface area (Å²) >= 11 is 0. The topological polar surface area (TPSA) is 123 Å². The first-order valence-corrected chi connectivity index (χ1v) is 10.2. The summed E-state index contributed by atoms with van der Waals surface area (Å²) in [4.78, 5) is 27.7. The van der Waals surface area contributed by atoms with E-state index in [9.17, 15) is 4.79 Å². The van der Waals surface area contributed by atoms with Crippen LogP contribution in [0.5, 0.6) is 0 Å². The molecular formula is C21H32ClN7O. The van der Waals surface area contributed by atoms with Crippen molar-refractivity contribution in [3.05, 3.63) is 35.3 Å². The molecule has 1 aliphatic rings. The Labute approximate surface area is 184 Å². The summed E-state index contributed by atoms with van der Waals surface area (Å²) in [6.45, 7) is 9.95. The number of carbonyl (C=O) groups is 1. The summed E-state index contributed by atoms with van der Waals surface area (Å²) in [5, 5.41) is 3.29. The number of aromatic nitrogens is 3. The van der Waals surface area contributed by atoms with E-state index in [2.05, 4.69) is 47.9 Å². The van der Waals surface area contributed by atoms with Gasteiger partial charge in [0.05, 0.1) is 0 Å². The fraction of sp³-hybridized carbons (Fsp3) is 0.524. The summed E-state index contributed by atoms with van der Waals surface area (Å²) in [7, 11) is 0. The van der Waals surface area contributed by atoms with Gasteiger partial charge in [0, 0.05) is 42.4 Å². The summed E-state index contributed by atoms with van der Waals surface area (Å²) in [6, 6.07) is 4.07. The Morgan fingerprint density at radius 3 is 2.33 bits per heavy atom. The smallest absolute Gasteiger partial charge is 0.254 e. The number of nitrogens with one attached hydrogen (secondary N) is 1. The first-order valence-electron chi connectivity index (χ1n) is 10.2. The molecule has 8 nitrogen and oxygen atoms in total. The molecular weight excluding hydrogens is 402 g/mol. The largest absolute Gasteiger partial charge is 0.365 e. The second kappa shape index (κ2) is 10.0. The number of halogens is 1. The molecule has 2 aromatic rings. The van der Waals surface area contributed by atoms with Crippen molar-refractivity contribution in [3.8, 4) is 0 Å². The normalized spacial score (nSPS) is 16.5. The number of piperidine rings is 1. The quantitative estimate of drug-likeness (QED) is 0.638. The lowest BCUT2D eigenvalue weighted by Crippen LogP contribution is -2.43. The fourth-order valence-corrected chi connectivity index (χ4v) is 3.37. The van der Waals surface area contributed by atoms with E-state index in [4.69, 9.17) is 16.5 Å². The summed E-state index contributed by atoms with van der Waals surface area (Å²) in [6.07, 6.45) is 3.47. The molecule has 1 amide bonds. The monoisotopic (exact) mass is 433 g/mol. The standard InChI is InChI=1S/C21H31N7O.ClH/c1-12(2)17-8-15(9-18(26-17)13(3)4)25-20-16(19(23)29)10-24-21(27-20)28-7-5-6-14(22)11-28;/h8-10,12-14H,5-7,11,22H2,1-4H3,(H2,23,29)(H,24,25,26,27);1H. The molecule has 3 rings (SSSR count). The molecule has 1 aliphatic heterocycles. The van der Waals surface area contributed by atoms with Crippen molar-refractivity contribution < 1.29 is 4.79 Å². The van der Waals surface area contributed by atoms with Crippen LogP contribution in [-0.2, 0) is 0 Å². The van der Waals surface area contributed by atoms with E-state index in [0.29, 0.717) is 18.3 Å². The zero-order valence-electron chi connectivity index (χ0n) is 18.1. The Kier molecular flexibility index (Phi) is 7.97. The van der Waals surface area contributed by atoms with Gasteiger partial charge in [-0.25, -0.2) is 4.98 Å². The number of amides is 1. The van der Waals surface area contributed by atoms with Crippen molar-refractivity contribution in [2.24, 2.45) is 11.5 Å². The lowest BCUT2D eigenvalue weighted by molar-refractivity contribution is 0.100. The molecule has 5 N–H and O–H groups in total.